The number of aromatic nitrogens is 3. The Hall–Kier alpha value is -3.12. The number of aryl methyl sites for hydroxylation is 1. The zero-order valence-electron chi connectivity index (χ0n) is 16.1. The van der Waals surface area contributed by atoms with Crippen LogP contribution in [0.5, 0.6) is 5.75 Å². The van der Waals surface area contributed by atoms with Crippen LogP contribution in [0.25, 0.3) is 22.5 Å². The maximum Gasteiger partial charge on any atom is 0.195 e. The third-order valence-corrected chi connectivity index (χ3v) is 5.43. The summed E-state index contributed by atoms with van der Waals surface area (Å²) in [6.45, 7) is 2.72. The predicted molar refractivity (Wildman–Crippen MR) is 107 cm³/mol. The minimum Gasteiger partial charge on any atom is -0.497 e. The molecule has 5 rings (SSSR count). The van der Waals surface area contributed by atoms with Gasteiger partial charge >= 0.3 is 0 Å². The third kappa shape index (κ3) is 2.96. The van der Waals surface area contributed by atoms with E-state index < -0.39 is 0 Å². The second kappa shape index (κ2) is 6.80. The van der Waals surface area contributed by atoms with E-state index in [4.69, 9.17) is 14.1 Å². The number of hydrogen-bond donors (Lipinski definition) is 0. The summed E-state index contributed by atoms with van der Waals surface area (Å²) in [5, 5.41) is 1.25. The number of rotatable bonds is 4. The number of methoxy groups -OCH3 is 1. The summed E-state index contributed by atoms with van der Waals surface area (Å²) in [6, 6.07) is 10.0. The van der Waals surface area contributed by atoms with Gasteiger partial charge in [0.2, 0.25) is 0 Å². The molecule has 0 aliphatic carbocycles. The Balaban J connectivity index is 1.39. The molecule has 1 aromatic carbocycles. The molecule has 6 nitrogen and oxygen atoms in total. The first-order chi connectivity index (χ1) is 13.7. The first-order valence-corrected chi connectivity index (χ1v) is 9.44. The lowest BCUT2D eigenvalue weighted by molar-refractivity contribution is 0.243. The fourth-order valence-electron chi connectivity index (χ4n) is 3.98. The van der Waals surface area contributed by atoms with Crippen LogP contribution in [0.15, 0.2) is 53.4 Å². The van der Waals surface area contributed by atoms with Gasteiger partial charge in [0.05, 0.1) is 19.1 Å². The Morgan fingerprint density at radius 1 is 1.25 bits per heavy atom. The molecule has 0 amide bonds. The molecule has 142 valence electrons. The van der Waals surface area contributed by atoms with Crippen molar-refractivity contribution in [2.24, 2.45) is 7.05 Å². The molecule has 0 atom stereocenters. The smallest absolute Gasteiger partial charge is 0.195 e. The van der Waals surface area contributed by atoms with Gasteiger partial charge in [-0.15, -0.1) is 0 Å². The maximum atomic E-state index is 5.42. The zero-order chi connectivity index (χ0) is 19.1. The summed E-state index contributed by atoms with van der Waals surface area (Å²) in [4.78, 5) is 11.7. The average Bonchev–Trinajstić information content (AvgIpc) is 3.36. The van der Waals surface area contributed by atoms with E-state index >= 15 is 0 Å². The summed E-state index contributed by atoms with van der Waals surface area (Å²) in [5.74, 6) is 2.27. The largest absolute Gasteiger partial charge is 0.497 e. The van der Waals surface area contributed by atoms with Gasteiger partial charge in [-0.1, -0.05) is 0 Å². The van der Waals surface area contributed by atoms with Crippen LogP contribution in [0.4, 0.5) is 0 Å². The molecular formula is C22H22N4O2. The molecular weight excluding hydrogens is 352 g/mol. The summed E-state index contributed by atoms with van der Waals surface area (Å²) >= 11 is 0. The quantitative estimate of drug-likeness (QED) is 0.544. The highest BCUT2D eigenvalue weighted by molar-refractivity contribution is 5.85. The highest BCUT2D eigenvalue weighted by Crippen LogP contribution is 2.28. The van der Waals surface area contributed by atoms with E-state index in [1.807, 2.05) is 24.4 Å². The van der Waals surface area contributed by atoms with E-state index in [1.54, 1.807) is 13.4 Å². The van der Waals surface area contributed by atoms with Gasteiger partial charge in [-0.25, -0.2) is 9.97 Å². The molecule has 0 bridgehead atoms. The highest BCUT2D eigenvalue weighted by atomic mass is 16.5. The van der Waals surface area contributed by atoms with Gasteiger partial charge in [0.25, 0.3) is 0 Å². The molecule has 0 radical (unpaired) electrons. The van der Waals surface area contributed by atoms with Crippen LogP contribution < -0.4 is 4.74 Å². The van der Waals surface area contributed by atoms with E-state index in [9.17, 15) is 0 Å². The van der Waals surface area contributed by atoms with E-state index in [0.717, 1.165) is 43.3 Å². The van der Waals surface area contributed by atoms with Crippen molar-refractivity contribution < 1.29 is 9.15 Å². The SMILES string of the molecule is COc1ccc2c(c1)c(CN1CCc3nc(-c4ccco4)ncc3C1)cn2C. The van der Waals surface area contributed by atoms with Crippen LogP contribution in [0.3, 0.4) is 0 Å². The van der Waals surface area contributed by atoms with Gasteiger partial charge in [-0.05, 0) is 35.9 Å². The van der Waals surface area contributed by atoms with Crippen molar-refractivity contribution in [3.63, 3.8) is 0 Å². The van der Waals surface area contributed by atoms with Crippen LogP contribution in [0, 0.1) is 0 Å². The van der Waals surface area contributed by atoms with Crippen LogP contribution in [0.1, 0.15) is 16.8 Å². The number of fused-ring (bicyclic) bond motifs is 2. The summed E-state index contributed by atoms with van der Waals surface area (Å²) in [5.41, 5.74) is 4.85. The molecule has 0 spiro atoms. The number of furan rings is 1. The topological polar surface area (TPSA) is 56.3 Å². The van der Waals surface area contributed by atoms with Gasteiger partial charge < -0.3 is 13.7 Å². The number of benzene rings is 1. The minimum absolute atomic E-state index is 0.665. The van der Waals surface area contributed by atoms with Gasteiger partial charge in [-0.2, -0.15) is 0 Å². The van der Waals surface area contributed by atoms with Gasteiger partial charge in [0, 0.05) is 62.0 Å². The summed E-state index contributed by atoms with van der Waals surface area (Å²) < 4.78 is 13.0. The van der Waals surface area contributed by atoms with Crippen LogP contribution in [0.2, 0.25) is 0 Å². The first kappa shape index (κ1) is 17.0. The number of nitrogens with zero attached hydrogens (tertiary/aromatic N) is 4. The Morgan fingerprint density at radius 2 is 2.18 bits per heavy atom. The molecule has 0 N–H and O–H groups in total. The van der Waals surface area contributed by atoms with Gasteiger partial charge in [0.15, 0.2) is 11.6 Å². The average molecular weight is 374 g/mol. The zero-order valence-corrected chi connectivity index (χ0v) is 16.1. The second-order valence-corrected chi connectivity index (χ2v) is 7.25. The molecule has 0 saturated carbocycles. The summed E-state index contributed by atoms with van der Waals surface area (Å²) in [7, 11) is 3.80. The number of ether oxygens (including phenoxy) is 1. The predicted octanol–water partition coefficient (Wildman–Crippen LogP) is 3.80. The number of hydrogen-bond acceptors (Lipinski definition) is 5. The maximum absolute atomic E-state index is 5.42. The highest BCUT2D eigenvalue weighted by Gasteiger charge is 2.21. The van der Waals surface area contributed by atoms with Crippen molar-refractivity contribution in [3.8, 4) is 17.3 Å². The van der Waals surface area contributed by atoms with E-state index in [1.165, 1.54) is 22.0 Å². The molecule has 3 aromatic heterocycles. The Morgan fingerprint density at radius 3 is 3.00 bits per heavy atom. The Kier molecular flexibility index (Phi) is 4.13. The molecule has 1 aliphatic rings. The molecule has 6 heteroatoms. The van der Waals surface area contributed by atoms with Crippen LogP contribution in [-0.2, 0) is 26.6 Å². The molecule has 1 aliphatic heterocycles. The van der Waals surface area contributed by atoms with E-state index in [2.05, 4.69) is 39.8 Å². The molecule has 28 heavy (non-hydrogen) atoms. The lowest BCUT2D eigenvalue weighted by Crippen LogP contribution is -2.30. The van der Waals surface area contributed by atoms with E-state index in [0.29, 0.717) is 5.82 Å². The normalized spacial score (nSPS) is 14.4. The van der Waals surface area contributed by atoms with Gasteiger partial charge in [0.1, 0.15) is 5.75 Å². The van der Waals surface area contributed by atoms with Crippen molar-refractivity contribution in [1.82, 2.24) is 19.4 Å². The summed E-state index contributed by atoms with van der Waals surface area (Å²) in [6.07, 6.45) is 6.73. The van der Waals surface area contributed by atoms with Crippen molar-refractivity contribution in [2.45, 2.75) is 19.5 Å². The second-order valence-electron chi connectivity index (χ2n) is 7.25. The molecule has 0 fully saturated rings. The van der Waals surface area contributed by atoms with E-state index in [-0.39, 0.29) is 0 Å². The fraction of sp³-hybridized carbons (Fsp3) is 0.273. The molecule has 4 aromatic rings. The third-order valence-electron chi connectivity index (χ3n) is 5.43. The first-order valence-electron chi connectivity index (χ1n) is 9.44. The monoisotopic (exact) mass is 374 g/mol. The van der Waals surface area contributed by atoms with Crippen LogP contribution >= 0.6 is 0 Å². The standard InChI is InChI=1S/C22H22N4O2/c1-25-12-16(18-10-17(27-2)5-6-20(18)25)14-26-8-7-19-15(13-26)11-23-22(24-19)21-4-3-9-28-21/h3-6,9-12H,7-8,13-14H2,1-2H3. The van der Waals surface area contributed by atoms with Crippen molar-refractivity contribution in [2.75, 3.05) is 13.7 Å². The van der Waals surface area contributed by atoms with Crippen molar-refractivity contribution in [3.05, 3.63) is 65.8 Å². The lowest BCUT2D eigenvalue weighted by atomic mass is 10.1. The molecule has 0 saturated heterocycles. The van der Waals surface area contributed by atoms with Crippen molar-refractivity contribution in [1.29, 1.82) is 0 Å². The molecule has 4 heterocycles. The lowest BCUT2D eigenvalue weighted by Gasteiger charge is -2.27. The Bertz CT molecular complexity index is 1130. The molecule has 0 unspecified atom stereocenters. The fourth-order valence-corrected chi connectivity index (χ4v) is 3.98. The van der Waals surface area contributed by atoms with Crippen LogP contribution in [-0.4, -0.2) is 33.1 Å². The Labute approximate surface area is 163 Å². The van der Waals surface area contributed by atoms with Crippen molar-refractivity contribution >= 4 is 10.9 Å². The van der Waals surface area contributed by atoms with Gasteiger partial charge in [-0.3, -0.25) is 4.90 Å². The minimum atomic E-state index is 0.665.